The van der Waals surface area contributed by atoms with Gasteiger partial charge in [0, 0.05) is 41.3 Å². The summed E-state index contributed by atoms with van der Waals surface area (Å²) in [6.07, 6.45) is 0.205. The van der Waals surface area contributed by atoms with Gasteiger partial charge in [-0.05, 0) is 23.8 Å². The lowest BCUT2D eigenvalue weighted by Gasteiger charge is -2.17. The molecule has 0 radical (unpaired) electrons. The predicted molar refractivity (Wildman–Crippen MR) is 128 cm³/mol. The molecule has 0 bridgehead atoms. The lowest BCUT2D eigenvalue weighted by Crippen LogP contribution is -2.14. The van der Waals surface area contributed by atoms with Crippen molar-refractivity contribution in [2.24, 2.45) is 0 Å². The zero-order chi connectivity index (χ0) is 25.3. The van der Waals surface area contributed by atoms with Gasteiger partial charge in [-0.1, -0.05) is 0 Å². The second kappa shape index (κ2) is 9.58. The number of hydrogen-bond acceptors (Lipinski definition) is 8. The van der Waals surface area contributed by atoms with Crippen LogP contribution in [-0.4, -0.2) is 54.2 Å². The molecule has 0 aromatic heterocycles. The molecule has 3 aromatic carbocycles. The average Bonchev–Trinajstić information content (AvgIpc) is 2.93. The molecule has 1 aliphatic rings. The molecule has 0 saturated carbocycles. The summed E-state index contributed by atoms with van der Waals surface area (Å²) in [4.78, 5) is 28.2. The molecule has 0 saturated heterocycles. The van der Waals surface area contributed by atoms with Gasteiger partial charge in [-0.25, -0.2) is 0 Å². The van der Waals surface area contributed by atoms with E-state index >= 15 is 0 Å². The Morgan fingerprint density at radius 2 is 0.971 bits per heavy atom. The zero-order valence-electron chi connectivity index (χ0n) is 20.4. The Labute approximate surface area is 203 Å². The largest absolute Gasteiger partial charge is 0.497 e. The quantitative estimate of drug-likeness (QED) is 0.409. The van der Waals surface area contributed by atoms with Crippen LogP contribution in [0.1, 0.15) is 43.0 Å². The van der Waals surface area contributed by atoms with Gasteiger partial charge in [0.15, 0.2) is 11.6 Å². The number of ketones is 2. The molecule has 0 fully saturated rings. The highest BCUT2D eigenvalue weighted by Crippen LogP contribution is 2.41. The molecule has 4 rings (SSSR count). The van der Waals surface area contributed by atoms with Crippen molar-refractivity contribution in [3.63, 3.8) is 0 Å². The summed E-state index contributed by atoms with van der Waals surface area (Å²) in [7, 11) is 8.95. The standard InChI is InChI=1S/C27H26O8/c1-30-15-7-14-8-18-19(9-16(31-2)11-21(18)33-4)26(28)25-20(10-17(32-3)13-23(25)35-6)27(29)24(14)22(12-15)34-5/h7,9-13H,8H2,1-6H3. The fourth-order valence-electron chi connectivity index (χ4n) is 4.37. The van der Waals surface area contributed by atoms with E-state index in [4.69, 9.17) is 28.4 Å². The van der Waals surface area contributed by atoms with Crippen molar-refractivity contribution >= 4 is 11.6 Å². The molecule has 1 aliphatic carbocycles. The Balaban J connectivity index is 2.19. The van der Waals surface area contributed by atoms with E-state index in [-0.39, 0.29) is 23.3 Å². The van der Waals surface area contributed by atoms with Crippen molar-refractivity contribution in [2.75, 3.05) is 42.7 Å². The summed E-state index contributed by atoms with van der Waals surface area (Å²) in [6, 6.07) is 9.85. The minimum Gasteiger partial charge on any atom is -0.497 e. The number of carbonyl (C=O) groups excluding carboxylic acids is 2. The highest BCUT2D eigenvalue weighted by molar-refractivity contribution is 6.23. The molecule has 0 heterocycles. The summed E-state index contributed by atoms with van der Waals surface area (Å²) in [5, 5.41) is 0. The second-order valence-corrected chi connectivity index (χ2v) is 7.81. The smallest absolute Gasteiger partial charge is 0.198 e. The van der Waals surface area contributed by atoms with Crippen molar-refractivity contribution in [3.8, 4) is 34.5 Å². The monoisotopic (exact) mass is 478 g/mol. The van der Waals surface area contributed by atoms with Crippen molar-refractivity contribution in [2.45, 2.75) is 6.42 Å². The van der Waals surface area contributed by atoms with Crippen LogP contribution < -0.4 is 28.4 Å². The van der Waals surface area contributed by atoms with E-state index < -0.39 is 11.6 Å². The minimum atomic E-state index is -0.404. The minimum absolute atomic E-state index is 0.112. The van der Waals surface area contributed by atoms with Gasteiger partial charge in [-0.3, -0.25) is 9.59 Å². The first-order chi connectivity index (χ1) is 16.9. The zero-order valence-corrected chi connectivity index (χ0v) is 20.4. The van der Waals surface area contributed by atoms with Crippen LogP contribution in [0.3, 0.4) is 0 Å². The number of benzene rings is 3. The predicted octanol–water partition coefficient (Wildman–Crippen LogP) is 4.10. The molecule has 3 aromatic rings. The van der Waals surface area contributed by atoms with E-state index in [1.54, 1.807) is 30.3 Å². The summed E-state index contributed by atoms with van der Waals surface area (Å²) in [5.74, 6) is 1.50. The van der Waals surface area contributed by atoms with Crippen LogP contribution in [0.4, 0.5) is 0 Å². The molecule has 0 spiro atoms. The number of hydrogen-bond donors (Lipinski definition) is 0. The van der Waals surface area contributed by atoms with Crippen molar-refractivity contribution in [1.82, 2.24) is 0 Å². The van der Waals surface area contributed by atoms with E-state index in [9.17, 15) is 9.59 Å². The van der Waals surface area contributed by atoms with Gasteiger partial charge in [-0.15, -0.1) is 0 Å². The van der Waals surface area contributed by atoms with E-state index in [2.05, 4.69) is 0 Å². The molecule has 0 N–H and O–H groups in total. The molecule has 0 atom stereocenters. The molecule has 35 heavy (non-hydrogen) atoms. The van der Waals surface area contributed by atoms with E-state index in [1.807, 2.05) is 0 Å². The number of methoxy groups -OCH3 is 6. The molecule has 0 unspecified atom stereocenters. The van der Waals surface area contributed by atoms with E-state index in [0.29, 0.717) is 51.0 Å². The lowest BCUT2D eigenvalue weighted by molar-refractivity contribution is 0.0999. The van der Waals surface area contributed by atoms with Gasteiger partial charge in [0.25, 0.3) is 0 Å². The molecule has 0 amide bonds. The van der Waals surface area contributed by atoms with E-state index in [1.165, 1.54) is 48.7 Å². The van der Waals surface area contributed by atoms with Gasteiger partial charge in [0.05, 0.1) is 53.8 Å². The first-order valence-electron chi connectivity index (χ1n) is 10.8. The Morgan fingerprint density at radius 3 is 1.51 bits per heavy atom. The maximum Gasteiger partial charge on any atom is 0.198 e. The van der Waals surface area contributed by atoms with Gasteiger partial charge in [0.1, 0.15) is 34.5 Å². The Hall–Kier alpha value is -4.20. The van der Waals surface area contributed by atoms with Crippen LogP contribution >= 0.6 is 0 Å². The Morgan fingerprint density at radius 1 is 0.514 bits per heavy atom. The third-order valence-electron chi connectivity index (χ3n) is 6.09. The van der Waals surface area contributed by atoms with Gasteiger partial charge >= 0.3 is 0 Å². The topological polar surface area (TPSA) is 89.5 Å². The van der Waals surface area contributed by atoms with Crippen molar-refractivity contribution in [3.05, 3.63) is 69.8 Å². The van der Waals surface area contributed by atoms with Crippen LogP contribution in [0.25, 0.3) is 0 Å². The normalized spacial score (nSPS) is 12.3. The summed E-state index contributed by atoms with van der Waals surface area (Å²) in [5.41, 5.74) is 2.08. The molecule has 182 valence electrons. The van der Waals surface area contributed by atoms with Crippen LogP contribution in [0, 0.1) is 0 Å². The molecule has 8 heteroatoms. The molecular weight excluding hydrogens is 452 g/mol. The molecule has 8 nitrogen and oxygen atoms in total. The van der Waals surface area contributed by atoms with Crippen molar-refractivity contribution < 1.29 is 38.0 Å². The van der Waals surface area contributed by atoms with Gasteiger partial charge in [0.2, 0.25) is 0 Å². The molecule has 0 aliphatic heterocycles. The van der Waals surface area contributed by atoms with E-state index in [0.717, 1.165) is 0 Å². The number of ether oxygens (including phenoxy) is 6. The Bertz CT molecular complexity index is 1320. The fourth-order valence-corrected chi connectivity index (χ4v) is 4.37. The SMILES string of the molecule is COc1cc2c(c(OC)c1)C(=O)c1cc(OC)cc(OC)c1C(=O)c1cc(OC)cc(OC)c1C2. The maximum absolute atomic E-state index is 14.1. The van der Waals surface area contributed by atoms with Crippen LogP contribution in [0.15, 0.2) is 36.4 Å². The van der Waals surface area contributed by atoms with Gasteiger partial charge in [-0.2, -0.15) is 0 Å². The summed E-state index contributed by atoms with van der Waals surface area (Å²) < 4.78 is 33.1. The number of rotatable bonds is 6. The summed E-state index contributed by atoms with van der Waals surface area (Å²) >= 11 is 0. The summed E-state index contributed by atoms with van der Waals surface area (Å²) in [6.45, 7) is 0. The Kier molecular flexibility index (Phi) is 6.55. The average molecular weight is 478 g/mol. The third-order valence-corrected chi connectivity index (χ3v) is 6.09. The highest BCUT2D eigenvalue weighted by atomic mass is 16.5. The number of carbonyl (C=O) groups is 2. The second-order valence-electron chi connectivity index (χ2n) is 7.81. The van der Waals surface area contributed by atoms with Crippen molar-refractivity contribution in [1.29, 1.82) is 0 Å². The maximum atomic E-state index is 14.1. The van der Waals surface area contributed by atoms with Crippen LogP contribution in [-0.2, 0) is 6.42 Å². The fraction of sp³-hybridized carbons (Fsp3) is 0.259. The highest BCUT2D eigenvalue weighted by Gasteiger charge is 2.33. The third kappa shape index (κ3) is 4.01. The number of fused-ring (bicyclic) bond motifs is 3. The van der Waals surface area contributed by atoms with Gasteiger partial charge < -0.3 is 28.4 Å². The van der Waals surface area contributed by atoms with Crippen LogP contribution in [0.2, 0.25) is 0 Å². The first-order valence-corrected chi connectivity index (χ1v) is 10.8. The first kappa shape index (κ1) is 23.9. The lowest BCUT2D eigenvalue weighted by atomic mass is 9.91. The van der Waals surface area contributed by atoms with Crippen LogP contribution in [0.5, 0.6) is 34.5 Å². The molecular formula is C27H26O8.